The third-order valence-corrected chi connectivity index (χ3v) is 4.74. The highest BCUT2D eigenvalue weighted by molar-refractivity contribution is 6.03. The largest absolute Gasteiger partial charge is 0.367 e. The number of nitriles is 1. The quantitative estimate of drug-likeness (QED) is 0.777. The first-order valence-corrected chi connectivity index (χ1v) is 8.82. The summed E-state index contributed by atoms with van der Waals surface area (Å²) in [5.74, 6) is -0.265. The molecule has 1 aliphatic heterocycles. The van der Waals surface area contributed by atoms with Crippen LogP contribution >= 0.6 is 0 Å². The Morgan fingerprint density at radius 2 is 1.85 bits per heavy atom. The molecule has 0 radical (unpaired) electrons. The van der Waals surface area contributed by atoms with Crippen LogP contribution in [0.3, 0.4) is 0 Å². The van der Waals surface area contributed by atoms with Crippen molar-refractivity contribution in [3.8, 4) is 6.07 Å². The summed E-state index contributed by atoms with van der Waals surface area (Å²) in [6.45, 7) is 1.74. The van der Waals surface area contributed by atoms with Crippen molar-refractivity contribution in [3.63, 3.8) is 0 Å². The topological polar surface area (TPSA) is 69.0 Å². The molecule has 1 aromatic heterocycles. The highest BCUT2D eigenvalue weighted by Gasteiger charge is 2.17. The van der Waals surface area contributed by atoms with Crippen LogP contribution in [-0.4, -0.2) is 17.4 Å². The number of pyridine rings is 1. The number of hydrogen-bond donors (Lipinski definition) is 1. The Balaban J connectivity index is 1.50. The van der Waals surface area contributed by atoms with Gasteiger partial charge in [0.25, 0.3) is 5.91 Å². The molecule has 0 spiro atoms. The maximum Gasteiger partial charge on any atom is 0.274 e. The molecule has 0 saturated carbocycles. The molecule has 0 aliphatic carbocycles. The molecule has 0 bridgehead atoms. The Morgan fingerprint density at radius 1 is 1.07 bits per heavy atom. The predicted octanol–water partition coefficient (Wildman–Crippen LogP) is 3.77. The van der Waals surface area contributed by atoms with Gasteiger partial charge in [-0.3, -0.25) is 9.78 Å². The lowest BCUT2D eigenvalue weighted by molar-refractivity contribution is 0.102. The normalized spacial score (nSPS) is 12.8. The number of carbonyl (C=O) groups excluding carboxylic acids is 1. The summed E-state index contributed by atoms with van der Waals surface area (Å²) in [5.41, 5.74) is 5.27. The van der Waals surface area contributed by atoms with Crippen molar-refractivity contribution in [3.05, 3.63) is 89.2 Å². The maximum absolute atomic E-state index is 12.5. The van der Waals surface area contributed by atoms with E-state index in [9.17, 15) is 4.79 Å². The van der Waals surface area contributed by atoms with Gasteiger partial charge in [0.15, 0.2) is 0 Å². The molecular formula is C22H18N4O. The average Bonchev–Trinajstić information content (AvgIpc) is 2.74. The van der Waals surface area contributed by atoms with E-state index < -0.39 is 0 Å². The highest BCUT2D eigenvalue weighted by Crippen LogP contribution is 2.24. The zero-order chi connectivity index (χ0) is 18.6. The van der Waals surface area contributed by atoms with Gasteiger partial charge >= 0.3 is 0 Å². The molecule has 0 atom stereocenters. The van der Waals surface area contributed by atoms with Crippen molar-refractivity contribution in [1.82, 2.24) is 4.98 Å². The van der Waals surface area contributed by atoms with Gasteiger partial charge in [0.05, 0.1) is 11.6 Å². The number of nitrogens with one attached hydrogen (secondary N) is 1. The number of anilines is 2. The van der Waals surface area contributed by atoms with Crippen LogP contribution in [0.4, 0.5) is 11.4 Å². The zero-order valence-electron chi connectivity index (χ0n) is 14.7. The summed E-state index contributed by atoms with van der Waals surface area (Å²) in [6, 6.07) is 21.1. The molecule has 3 aromatic rings. The number of aromatic nitrogens is 1. The van der Waals surface area contributed by atoms with Gasteiger partial charge in [-0.25, -0.2) is 0 Å². The summed E-state index contributed by atoms with van der Waals surface area (Å²) in [4.78, 5) is 19.0. The first kappa shape index (κ1) is 16.8. The number of nitrogens with zero attached hydrogens (tertiary/aromatic N) is 3. The smallest absolute Gasteiger partial charge is 0.274 e. The molecule has 0 saturated heterocycles. The van der Waals surface area contributed by atoms with E-state index in [1.54, 1.807) is 30.5 Å². The van der Waals surface area contributed by atoms with Crippen LogP contribution in [0.15, 0.2) is 66.9 Å². The summed E-state index contributed by atoms with van der Waals surface area (Å²) in [6.07, 6.45) is 2.66. The van der Waals surface area contributed by atoms with E-state index in [-0.39, 0.29) is 5.91 Å². The summed E-state index contributed by atoms with van der Waals surface area (Å²) in [7, 11) is 0. The number of carbonyl (C=O) groups is 1. The Kier molecular flexibility index (Phi) is 4.54. The van der Waals surface area contributed by atoms with Crippen molar-refractivity contribution in [2.45, 2.75) is 13.0 Å². The first-order valence-electron chi connectivity index (χ1n) is 8.82. The molecule has 5 nitrogen and oxygen atoms in total. The van der Waals surface area contributed by atoms with Crippen LogP contribution in [-0.2, 0) is 13.0 Å². The molecule has 2 aromatic carbocycles. The molecule has 0 unspecified atom stereocenters. The van der Waals surface area contributed by atoms with E-state index in [0.717, 1.165) is 25.2 Å². The van der Waals surface area contributed by atoms with Crippen molar-refractivity contribution < 1.29 is 4.79 Å². The van der Waals surface area contributed by atoms with Crippen LogP contribution in [0.1, 0.15) is 27.2 Å². The zero-order valence-corrected chi connectivity index (χ0v) is 14.7. The van der Waals surface area contributed by atoms with Crippen LogP contribution in [0.2, 0.25) is 0 Å². The predicted molar refractivity (Wildman–Crippen MR) is 105 cm³/mol. The van der Waals surface area contributed by atoms with E-state index in [1.807, 2.05) is 12.1 Å². The average molecular weight is 354 g/mol. The highest BCUT2D eigenvalue weighted by atomic mass is 16.1. The van der Waals surface area contributed by atoms with Crippen LogP contribution in [0, 0.1) is 11.3 Å². The lowest BCUT2D eigenvalue weighted by Crippen LogP contribution is -2.30. The van der Waals surface area contributed by atoms with Gasteiger partial charge in [-0.15, -0.1) is 0 Å². The standard InChI is InChI=1S/C22H18N4O/c23-14-16-5-7-19(8-6-16)25-22(27)21-13-20(9-11-24-21)26-12-10-17-3-1-2-4-18(17)15-26/h1-9,11,13H,10,12,15H2,(H,25,27). The van der Waals surface area contributed by atoms with Gasteiger partial charge in [0.2, 0.25) is 0 Å². The SMILES string of the molecule is N#Cc1ccc(NC(=O)c2cc(N3CCc4ccccc4C3)ccn2)cc1. The molecule has 1 aliphatic rings. The van der Waals surface area contributed by atoms with Gasteiger partial charge in [-0.05, 0) is 53.9 Å². The van der Waals surface area contributed by atoms with E-state index in [4.69, 9.17) is 5.26 Å². The van der Waals surface area contributed by atoms with E-state index in [2.05, 4.69) is 45.5 Å². The molecule has 0 fully saturated rings. The fraction of sp³-hybridized carbons (Fsp3) is 0.136. The number of fused-ring (bicyclic) bond motifs is 1. The molecule has 4 rings (SSSR count). The Labute approximate surface area is 157 Å². The summed E-state index contributed by atoms with van der Waals surface area (Å²) < 4.78 is 0. The first-order chi connectivity index (χ1) is 13.2. The fourth-order valence-electron chi connectivity index (χ4n) is 3.28. The molecule has 5 heteroatoms. The van der Waals surface area contributed by atoms with Crippen molar-refractivity contribution in [2.24, 2.45) is 0 Å². The second-order valence-electron chi connectivity index (χ2n) is 6.48. The van der Waals surface area contributed by atoms with Crippen LogP contribution in [0.5, 0.6) is 0 Å². The van der Waals surface area contributed by atoms with Crippen LogP contribution in [0.25, 0.3) is 0 Å². The lowest BCUT2D eigenvalue weighted by Gasteiger charge is -2.30. The van der Waals surface area contributed by atoms with E-state index >= 15 is 0 Å². The second kappa shape index (κ2) is 7.30. The third-order valence-electron chi connectivity index (χ3n) is 4.74. The maximum atomic E-state index is 12.5. The van der Waals surface area contributed by atoms with Gasteiger partial charge < -0.3 is 10.2 Å². The molecular weight excluding hydrogens is 336 g/mol. The minimum atomic E-state index is -0.265. The third kappa shape index (κ3) is 3.65. The Hall–Kier alpha value is -3.65. The number of rotatable bonds is 3. The van der Waals surface area contributed by atoms with Crippen molar-refractivity contribution in [1.29, 1.82) is 5.26 Å². The minimum absolute atomic E-state index is 0.265. The van der Waals surface area contributed by atoms with E-state index in [0.29, 0.717) is 16.9 Å². The molecule has 1 amide bonds. The van der Waals surface area contributed by atoms with Gasteiger partial charge in [0, 0.05) is 30.7 Å². The second-order valence-corrected chi connectivity index (χ2v) is 6.48. The Bertz CT molecular complexity index is 1020. The summed E-state index contributed by atoms with van der Waals surface area (Å²) in [5, 5.41) is 11.7. The van der Waals surface area contributed by atoms with Crippen LogP contribution < -0.4 is 10.2 Å². The molecule has 1 N–H and O–H groups in total. The molecule has 132 valence electrons. The molecule has 2 heterocycles. The van der Waals surface area contributed by atoms with Crippen molar-refractivity contribution in [2.75, 3.05) is 16.8 Å². The number of benzene rings is 2. The lowest BCUT2D eigenvalue weighted by atomic mass is 9.99. The minimum Gasteiger partial charge on any atom is -0.367 e. The summed E-state index contributed by atoms with van der Waals surface area (Å²) >= 11 is 0. The van der Waals surface area contributed by atoms with Gasteiger partial charge in [-0.2, -0.15) is 5.26 Å². The van der Waals surface area contributed by atoms with Gasteiger partial charge in [0.1, 0.15) is 5.69 Å². The monoisotopic (exact) mass is 354 g/mol. The Morgan fingerprint density at radius 3 is 2.63 bits per heavy atom. The van der Waals surface area contributed by atoms with Gasteiger partial charge in [-0.1, -0.05) is 24.3 Å². The number of hydrogen-bond acceptors (Lipinski definition) is 4. The van der Waals surface area contributed by atoms with E-state index in [1.165, 1.54) is 11.1 Å². The van der Waals surface area contributed by atoms with Crippen molar-refractivity contribution >= 4 is 17.3 Å². The fourth-order valence-corrected chi connectivity index (χ4v) is 3.28. The molecule has 27 heavy (non-hydrogen) atoms. The number of amides is 1.